The summed E-state index contributed by atoms with van der Waals surface area (Å²) in [6, 6.07) is 6.56. The van der Waals surface area contributed by atoms with Crippen molar-refractivity contribution in [2.24, 2.45) is 0 Å². The number of hydrogen-bond donors (Lipinski definition) is 0. The summed E-state index contributed by atoms with van der Waals surface area (Å²) in [5.74, 6) is 4.42. The van der Waals surface area contributed by atoms with Crippen molar-refractivity contribution in [2.45, 2.75) is 133 Å². The van der Waals surface area contributed by atoms with Crippen molar-refractivity contribution in [3.63, 3.8) is 0 Å². The van der Waals surface area contributed by atoms with E-state index in [-0.39, 0.29) is 42.1 Å². The monoisotopic (exact) mass is 914 g/mol. The quantitative estimate of drug-likeness (QED) is 0.0722. The smallest absolute Gasteiger partial charge is 0.411 e. The van der Waals surface area contributed by atoms with Crippen LogP contribution in [0.5, 0.6) is 22.7 Å². The Labute approximate surface area is 381 Å². The second-order valence-corrected chi connectivity index (χ2v) is 26.3. The number of nitrogens with zero attached hydrogens (tertiary/aromatic N) is 6. The second kappa shape index (κ2) is 17.8. The molecule has 1 saturated carbocycles. The summed E-state index contributed by atoms with van der Waals surface area (Å²) in [5, 5.41) is 1.54. The standard InChI is InChI=1S/C48H63FN6O7SSi/c1-30(2)64(31(3)4,32(5)6)21-14-37-38(49)13-12-33-22-36(60-29-57-8)23-39(40(33)37)61-45-50-41-42(51-44(52-43(41)63-45)59-28-48-17-10-19-54(48)20-11-18-48)53-24-34-26-58-27-35(25-53)55(34)46(56)62-47(7)15-9-16-47/h12-13,22-23,30-32,34-35H,9-11,15-20,24-29H2,1-8H3/q-1. The number of carbonyl (C=O) groups excluding carboxylic acids is 1. The Hall–Kier alpha value is -4.27. The summed E-state index contributed by atoms with van der Waals surface area (Å²) in [6.07, 6.45) is 7.01. The number of anilines is 1. The van der Waals surface area contributed by atoms with Gasteiger partial charge in [-0.3, -0.25) is 15.3 Å². The minimum atomic E-state index is -2.24. The summed E-state index contributed by atoms with van der Waals surface area (Å²) in [5.41, 5.74) is 5.23. The van der Waals surface area contributed by atoms with E-state index in [2.05, 4.69) is 62.8 Å². The highest BCUT2D eigenvalue weighted by Crippen LogP contribution is 2.45. The van der Waals surface area contributed by atoms with Crippen LogP contribution < -0.4 is 19.1 Å². The molecule has 1 aliphatic carbocycles. The number of carbonyl (C=O) groups is 1. The molecule has 2 atom stereocenters. The lowest BCUT2D eigenvalue weighted by Crippen LogP contribution is -2.67. The summed E-state index contributed by atoms with van der Waals surface area (Å²) in [6.45, 7) is 19.9. The van der Waals surface area contributed by atoms with Gasteiger partial charge in [-0.05, 0) is 82.5 Å². The van der Waals surface area contributed by atoms with Crippen LogP contribution in [-0.2, 0) is 14.2 Å². The Morgan fingerprint density at radius 3 is 2.30 bits per heavy atom. The first-order valence-electron chi connectivity index (χ1n) is 23.2. The number of halogens is 1. The average molecular weight is 915 g/mol. The normalized spacial score (nSPS) is 21.6. The molecule has 2 aromatic heterocycles. The van der Waals surface area contributed by atoms with Gasteiger partial charge in [0.25, 0.3) is 5.19 Å². The van der Waals surface area contributed by atoms with E-state index in [0.29, 0.717) is 93.2 Å². The van der Waals surface area contributed by atoms with Crippen LogP contribution in [0.3, 0.4) is 0 Å². The van der Waals surface area contributed by atoms with E-state index >= 15 is 4.39 Å². The molecule has 2 aromatic carbocycles. The third-order valence-electron chi connectivity index (χ3n) is 14.8. The molecule has 4 aromatic rings. The fourth-order valence-electron chi connectivity index (χ4n) is 11.4. The number of benzene rings is 2. The van der Waals surface area contributed by atoms with Crippen molar-refractivity contribution in [1.82, 2.24) is 24.8 Å². The van der Waals surface area contributed by atoms with Gasteiger partial charge in [0.05, 0.1) is 36.4 Å². The number of ether oxygens (including phenoxy) is 6. The van der Waals surface area contributed by atoms with Crippen LogP contribution >= 0.6 is 11.3 Å². The maximum Gasteiger partial charge on any atom is 0.411 e. The Balaban J connectivity index is 1.11. The molecule has 4 aliphatic heterocycles. The number of aromatic nitrogens is 3. The molecule has 345 valence electrons. The van der Waals surface area contributed by atoms with Gasteiger partial charge in [0.15, 0.2) is 17.4 Å². The SMILES string of the molecule is COCOc1cc(Oc2nc3c(N4CC5COCC(C4)N5C(=O)OC4(C)CCC4)nc(OCC45CCCN4CCC5)nc3s2)c2c(C#C[Si-](C(C)C)(C(C)C)C(C)C)c(F)ccc2c1. The predicted octanol–water partition coefficient (Wildman–Crippen LogP) is 9.70. The number of fused-ring (bicyclic) bond motifs is 5. The molecular formula is C48H63FN6O7SSi-. The van der Waals surface area contributed by atoms with Crippen LogP contribution in [0, 0.1) is 17.3 Å². The van der Waals surface area contributed by atoms with E-state index in [0.717, 1.165) is 58.0 Å². The van der Waals surface area contributed by atoms with Crippen LogP contribution in [0.1, 0.15) is 99.0 Å². The molecule has 1 amide bonds. The molecule has 6 heterocycles. The molecule has 5 fully saturated rings. The third kappa shape index (κ3) is 8.29. The van der Waals surface area contributed by atoms with Gasteiger partial charge in [-0.1, -0.05) is 67.0 Å². The van der Waals surface area contributed by atoms with Gasteiger partial charge in [0.1, 0.15) is 35.0 Å². The number of thiazole rings is 1. The lowest BCUT2D eigenvalue weighted by molar-refractivity contribution is -0.0908. The minimum absolute atomic E-state index is 0.00757. The molecular weight excluding hydrogens is 852 g/mol. The first-order valence-corrected chi connectivity index (χ1v) is 26.3. The fraction of sp³-hybridized carbons (Fsp3) is 0.625. The van der Waals surface area contributed by atoms with Crippen LogP contribution in [0.15, 0.2) is 24.3 Å². The van der Waals surface area contributed by atoms with E-state index in [1.54, 1.807) is 19.2 Å². The van der Waals surface area contributed by atoms with Crippen molar-refractivity contribution in [3.8, 4) is 34.2 Å². The van der Waals surface area contributed by atoms with Crippen molar-refractivity contribution in [3.05, 3.63) is 35.6 Å². The average Bonchev–Trinajstić information content (AvgIpc) is 3.96. The maximum atomic E-state index is 16.2. The Kier molecular flexibility index (Phi) is 12.5. The molecule has 2 bridgehead atoms. The van der Waals surface area contributed by atoms with Crippen LogP contribution in [-0.4, -0.2) is 122 Å². The molecule has 16 heteroatoms. The van der Waals surface area contributed by atoms with Gasteiger partial charge in [-0.15, -0.1) is 22.5 Å². The molecule has 4 saturated heterocycles. The van der Waals surface area contributed by atoms with Crippen LogP contribution in [0.2, 0.25) is 16.6 Å². The highest BCUT2D eigenvalue weighted by Gasteiger charge is 2.47. The Morgan fingerprint density at radius 1 is 0.953 bits per heavy atom. The van der Waals surface area contributed by atoms with Crippen molar-refractivity contribution < 1.29 is 37.6 Å². The minimum Gasteiger partial charge on any atom is -0.467 e. The molecule has 64 heavy (non-hydrogen) atoms. The zero-order valence-corrected chi connectivity index (χ0v) is 40.4. The zero-order valence-electron chi connectivity index (χ0n) is 38.6. The highest BCUT2D eigenvalue weighted by molar-refractivity contribution is 7.19. The van der Waals surface area contributed by atoms with E-state index in [4.69, 9.17) is 43.4 Å². The first-order chi connectivity index (χ1) is 30.7. The summed E-state index contributed by atoms with van der Waals surface area (Å²) in [4.78, 5) is 36.1. The van der Waals surface area contributed by atoms with Gasteiger partial charge in [-0.25, -0.2) is 9.18 Å². The van der Waals surface area contributed by atoms with Crippen molar-refractivity contribution >= 4 is 52.4 Å². The highest BCUT2D eigenvalue weighted by atomic mass is 32.1. The van der Waals surface area contributed by atoms with Gasteiger partial charge < -0.3 is 33.3 Å². The summed E-state index contributed by atoms with van der Waals surface area (Å²) >= 11 is 1.27. The first kappa shape index (κ1) is 44.9. The maximum absolute atomic E-state index is 16.2. The number of amides is 1. The van der Waals surface area contributed by atoms with Gasteiger partial charge in [0.2, 0.25) is 0 Å². The lowest BCUT2D eigenvalue weighted by Gasteiger charge is -2.50. The summed E-state index contributed by atoms with van der Waals surface area (Å²) < 4.78 is 52.9. The molecule has 5 aliphatic rings. The van der Waals surface area contributed by atoms with Gasteiger partial charge in [-0.2, -0.15) is 15.0 Å². The lowest BCUT2D eigenvalue weighted by atomic mass is 9.82. The topological polar surface area (TPSA) is 121 Å². The number of piperazine rings is 1. The van der Waals surface area contributed by atoms with E-state index in [1.807, 2.05) is 17.9 Å². The fourth-order valence-corrected chi connectivity index (χ4v) is 17.4. The molecule has 9 rings (SSSR count). The van der Waals surface area contributed by atoms with Crippen LogP contribution in [0.4, 0.5) is 15.0 Å². The Morgan fingerprint density at radius 2 is 1.66 bits per heavy atom. The molecule has 0 spiro atoms. The Bertz CT molecular complexity index is 2410. The third-order valence-corrected chi connectivity index (χ3v) is 21.9. The molecule has 2 unspecified atom stereocenters. The zero-order chi connectivity index (χ0) is 45.0. The van der Waals surface area contributed by atoms with Gasteiger partial charge in [0, 0.05) is 31.7 Å². The van der Waals surface area contributed by atoms with Crippen molar-refractivity contribution in [2.75, 3.05) is 64.8 Å². The number of rotatable bonds is 13. The largest absolute Gasteiger partial charge is 0.467 e. The number of morpholine rings is 1. The van der Waals surface area contributed by atoms with E-state index in [1.165, 1.54) is 17.4 Å². The molecule has 13 nitrogen and oxygen atoms in total. The molecule has 0 radical (unpaired) electrons. The van der Waals surface area contributed by atoms with E-state index in [9.17, 15) is 4.79 Å². The number of hydrogen-bond acceptors (Lipinski definition) is 13. The second-order valence-electron chi connectivity index (χ2n) is 19.7. The molecule has 0 N–H and O–H groups in total. The van der Waals surface area contributed by atoms with E-state index < -0.39 is 19.5 Å². The number of methoxy groups -OCH3 is 1. The van der Waals surface area contributed by atoms with Crippen molar-refractivity contribution in [1.29, 1.82) is 0 Å². The summed E-state index contributed by atoms with van der Waals surface area (Å²) in [7, 11) is -0.674. The van der Waals surface area contributed by atoms with Gasteiger partial charge >= 0.3 is 12.1 Å². The van der Waals surface area contributed by atoms with Crippen LogP contribution in [0.25, 0.3) is 21.1 Å². The predicted molar refractivity (Wildman–Crippen MR) is 249 cm³/mol.